The molecule has 3 nitrogen and oxygen atoms in total. The molecule has 1 aliphatic rings. The molecule has 0 saturated heterocycles. The third-order valence-electron chi connectivity index (χ3n) is 2.94. The number of hydrogen-bond acceptors (Lipinski definition) is 3. The summed E-state index contributed by atoms with van der Waals surface area (Å²) in [6, 6.07) is 0. The summed E-state index contributed by atoms with van der Waals surface area (Å²) < 4.78 is 10.9. The van der Waals surface area contributed by atoms with Crippen LogP contribution in [-0.2, 0) is 9.47 Å². The van der Waals surface area contributed by atoms with Crippen LogP contribution in [0.3, 0.4) is 0 Å². The third-order valence-corrected chi connectivity index (χ3v) is 2.94. The van der Waals surface area contributed by atoms with E-state index in [0.29, 0.717) is 6.54 Å². The van der Waals surface area contributed by atoms with Crippen molar-refractivity contribution in [3.8, 4) is 0 Å². The molecule has 1 aliphatic carbocycles. The number of methoxy groups -OCH3 is 2. The fourth-order valence-electron chi connectivity index (χ4n) is 2.06. The molecule has 72 valence electrons. The Hall–Kier alpha value is -0.120. The second-order valence-corrected chi connectivity index (χ2v) is 3.44. The minimum atomic E-state index is -0.215. The highest BCUT2D eigenvalue weighted by Crippen LogP contribution is 2.32. The molecular weight excluding hydrogens is 154 g/mol. The maximum absolute atomic E-state index is 5.71. The van der Waals surface area contributed by atoms with Gasteiger partial charge in [0.2, 0.25) is 0 Å². The van der Waals surface area contributed by atoms with Crippen molar-refractivity contribution in [1.82, 2.24) is 0 Å². The molecule has 0 bridgehead atoms. The summed E-state index contributed by atoms with van der Waals surface area (Å²) in [5.74, 6) is 0. The summed E-state index contributed by atoms with van der Waals surface area (Å²) in [4.78, 5) is 0. The van der Waals surface area contributed by atoms with Gasteiger partial charge < -0.3 is 15.2 Å². The van der Waals surface area contributed by atoms with Crippen molar-refractivity contribution in [2.75, 3.05) is 20.8 Å². The van der Waals surface area contributed by atoms with E-state index in [2.05, 4.69) is 0 Å². The molecule has 1 saturated carbocycles. The van der Waals surface area contributed by atoms with Crippen molar-refractivity contribution in [1.29, 1.82) is 0 Å². The highest BCUT2D eigenvalue weighted by Gasteiger charge is 2.39. The zero-order valence-electron chi connectivity index (χ0n) is 8.01. The lowest BCUT2D eigenvalue weighted by Crippen LogP contribution is -2.52. The second kappa shape index (κ2) is 4.21. The molecule has 0 spiro atoms. The first kappa shape index (κ1) is 9.96. The standard InChI is InChI=1S/C9H19NO2/c1-11-8-5-3-4-6-9(8,7-10)12-2/h8H,3-7,10H2,1-2H3. The first-order valence-electron chi connectivity index (χ1n) is 4.57. The van der Waals surface area contributed by atoms with Crippen molar-refractivity contribution in [3.05, 3.63) is 0 Å². The molecule has 1 fully saturated rings. The lowest BCUT2D eigenvalue weighted by atomic mass is 9.82. The molecule has 3 heteroatoms. The van der Waals surface area contributed by atoms with E-state index in [9.17, 15) is 0 Å². The number of rotatable bonds is 3. The van der Waals surface area contributed by atoms with Gasteiger partial charge >= 0.3 is 0 Å². The molecule has 0 amide bonds. The van der Waals surface area contributed by atoms with Crippen LogP contribution in [0.4, 0.5) is 0 Å². The maximum Gasteiger partial charge on any atom is 0.106 e. The lowest BCUT2D eigenvalue weighted by molar-refractivity contribution is -0.132. The van der Waals surface area contributed by atoms with E-state index in [4.69, 9.17) is 15.2 Å². The molecule has 12 heavy (non-hydrogen) atoms. The van der Waals surface area contributed by atoms with Gasteiger partial charge in [0, 0.05) is 20.8 Å². The summed E-state index contributed by atoms with van der Waals surface area (Å²) in [5.41, 5.74) is 5.49. The molecule has 0 aromatic carbocycles. The summed E-state index contributed by atoms with van der Waals surface area (Å²) in [5, 5.41) is 0. The first-order chi connectivity index (χ1) is 5.79. The highest BCUT2D eigenvalue weighted by atomic mass is 16.5. The predicted octanol–water partition coefficient (Wildman–Crippen LogP) is 0.919. The molecule has 2 atom stereocenters. The summed E-state index contributed by atoms with van der Waals surface area (Å²) >= 11 is 0. The smallest absolute Gasteiger partial charge is 0.106 e. The summed E-state index contributed by atoms with van der Waals surface area (Å²) in [7, 11) is 3.46. The van der Waals surface area contributed by atoms with Crippen LogP contribution in [0.15, 0.2) is 0 Å². The van der Waals surface area contributed by atoms with Gasteiger partial charge in [-0.3, -0.25) is 0 Å². The monoisotopic (exact) mass is 173 g/mol. The van der Waals surface area contributed by atoms with Crippen LogP contribution in [0.25, 0.3) is 0 Å². The van der Waals surface area contributed by atoms with Gasteiger partial charge in [0.05, 0.1) is 6.10 Å². The van der Waals surface area contributed by atoms with Crippen molar-refractivity contribution in [3.63, 3.8) is 0 Å². The Morgan fingerprint density at radius 2 is 2.17 bits per heavy atom. The molecule has 0 aromatic rings. The normalized spacial score (nSPS) is 36.8. The predicted molar refractivity (Wildman–Crippen MR) is 48.1 cm³/mol. The van der Waals surface area contributed by atoms with E-state index in [1.165, 1.54) is 12.8 Å². The quantitative estimate of drug-likeness (QED) is 0.690. The van der Waals surface area contributed by atoms with E-state index >= 15 is 0 Å². The minimum Gasteiger partial charge on any atom is -0.378 e. The van der Waals surface area contributed by atoms with Crippen LogP contribution in [0.2, 0.25) is 0 Å². The molecule has 0 aliphatic heterocycles. The van der Waals surface area contributed by atoms with Gasteiger partial charge in [-0.1, -0.05) is 12.8 Å². The zero-order chi connectivity index (χ0) is 9.03. The van der Waals surface area contributed by atoms with Crippen LogP contribution >= 0.6 is 0 Å². The Bertz CT molecular complexity index is 134. The molecule has 2 unspecified atom stereocenters. The molecule has 0 heterocycles. The minimum absolute atomic E-state index is 0.182. The van der Waals surface area contributed by atoms with Gasteiger partial charge in [-0.15, -0.1) is 0 Å². The van der Waals surface area contributed by atoms with E-state index in [1.54, 1.807) is 14.2 Å². The Morgan fingerprint density at radius 1 is 1.42 bits per heavy atom. The van der Waals surface area contributed by atoms with E-state index in [-0.39, 0.29) is 11.7 Å². The molecule has 2 N–H and O–H groups in total. The number of hydrogen-bond donors (Lipinski definition) is 1. The Kier molecular flexibility index (Phi) is 3.50. The van der Waals surface area contributed by atoms with Gasteiger partial charge in [-0.25, -0.2) is 0 Å². The second-order valence-electron chi connectivity index (χ2n) is 3.44. The van der Waals surface area contributed by atoms with Crippen LogP contribution < -0.4 is 5.73 Å². The van der Waals surface area contributed by atoms with E-state index < -0.39 is 0 Å². The summed E-state index contributed by atoms with van der Waals surface area (Å²) in [6.07, 6.45) is 4.70. The Morgan fingerprint density at radius 3 is 2.58 bits per heavy atom. The summed E-state index contributed by atoms with van der Waals surface area (Å²) in [6.45, 7) is 0.558. The molecule has 0 radical (unpaired) electrons. The van der Waals surface area contributed by atoms with Crippen LogP contribution in [-0.4, -0.2) is 32.5 Å². The fraction of sp³-hybridized carbons (Fsp3) is 1.00. The van der Waals surface area contributed by atoms with Crippen molar-refractivity contribution >= 4 is 0 Å². The Balaban J connectivity index is 2.66. The van der Waals surface area contributed by atoms with Gasteiger partial charge in [-0.2, -0.15) is 0 Å². The molecule has 0 aromatic heterocycles. The zero-order valence-corrected chi connectivity index (χ0v) is 8.01. The highest BCUT2D eigenvalue weighted by molar-refractivity contribution is 4.93. The van der Waals surface area contributed by atoms with Crippen LogP contribution in [0.1, 0.15) is 25.7 Å². The topological polar surface area (TPSA) is 44.5 Å². The lowest BCUT2D eigenvalue weighted by Gasteiger charge is -2.41. The van der Waals surface area contributed by atoms with E-state index in [0.717, 1.165) is 12.8 Å². The first-order valence-corrected chi connectivity index (χ1v) is 4.57. The van der Waals surface area contributed by atoms with Crippen molar-refractivity contribution in [2.24, 2.45) is 5.73 Å². The molecular formula is C9H19NO2. The van der Waals surface area contributed by atoms with Crippen LogP contribution in [0, 0.1) is 0 Å². The maximum atomic E-state index is 5.71. The molecule has 1 rings (SSSR count). The largest absolute Gasteiger partial charge is 0.378 e. The van der Waals surface area contributed by atoms with Gasteiger partial charge in [0.1, 0.15) is 5.60 Å². The van der Waals surface area contributed by atoms with Gasteiger partial charge in [0.25, 0.3) is 0 Å². The average molecular weight is 173 g/mol. The van der Waals surface area contributed by atoms with Crippen molar-refractivity contribution < 1.29 is 9.47 Å². The third kappa shape index (κ3) is 1.63. The van der Waals surface area contributed by atoms with Gasteiger partial charge in [-0.05, 0) is 12.8 Å². The Labute approximate surface area is 74.2 Å². The van der Waals surface area contributed by atoms with E-state index in [1.807, 2.05) is 0 Å². The van der Waals surface area contributed by atoms with Crippen molar-refractivity contribution in [2.45, 2.75) is 37.4 Å². The van der Waals surface area contributed by atoms with Crippen LogP contribution in [0.5, 0.6) is 0 Å². The fourth-order valence-corrected chi connectivity index (χ4v) is 2.06. The average Bonchev–Trinajstić information content (AvgIpc) is 2.17. The SMILES string of the molecule is COC1CCCCC1(CN)OC. The number of ether oxygens (including phenoxy) is 2. The van der Waals surface area contributed by atoms with Gasteiger partial charge in [0.15, 0.2) is 0 Å². The number of nitrogens with two attached hydrogens (primary N) is 1.